The summed E-state index contributed by atoms with van der Waals surface area (Å²) in [6.07, 6.45) is -0.0693. The molecule has 0 radical (unpaired) electrons. The van der Waals surface area contributed by atoms with Crippen molar-refractivity contribution in [2.75, 3.05) is 7.11 Å². The molecule has 0 fully saturated rings. The molecule has 114 valence electrons. The first-order chi connectivity index (χ1) is 9.83. The van der Waals surface area contributed by atoms with E-state index in [1.807, 2.05) is 0 Å². The van der Waals surface area contributed by atoms with Crippen molar-refractivity contribution in [3.8, 4) is 0 Å². The summed E-state index contributed by atoms with van der Waals surface area (Å²) >= 11 is 0. The van der Waals surface area contributed by atoms with Crippen molar-refractivity contribution in [1.82, 2.24) is 5.32 Å². The number of esters is 1. The van der Waals surface area contributed by atoms with Gasteiger partial charge in [-0.25, -0.2) is 13.6 Å². The Balaban J connectivity index is 2.73. The van der Waals surface area contributed by atoms with Gasteiger partial charge in [-0.2, -0.15) is 0 Å². The predicted octanol–water partition coefficient (Wildman–Crippen LogP) is 2.13. The summed E-state index contributed by atoms with van der Waals surface area (Å²) in [5.41, 5.74) is 0.742. The van der Waals surface area contributed by atoms with Crippen molar-refractivity contribution in [3.63, 3.8) is 0 Å². The second-order valence-corrected chi connectivity index (χ2v) is 4.72. The first-order valence-corrected chi connectivity index (χ1v) is 6.29. The molecule has 21 heavy (non-hydrogen) atoms. The van der Waals surface area contributed by atoms with Gasteiger partial charge in [-0.15, -0.1) is 6.58 Å². The number of benzene rings is 1. The molecule has 0 aliphatic heterocycles. The first-order valence-electron chi connectivity index (χ1n) is 6.29. The number of methoxy groups -OCH3 is 1. The van der Waals surface area contributed by atoms with Gasteiger partial charge in [0.25, 0.3) is 0 Å². The molecule has 1 aromatic carbocycles. The van der Waals surface area contributed by atoms with Crippen molar-refractivity contribution >= 4 is 11.9 Å². The van der Waals surface area contributed by atoms with E-state index in [2.05, 4.69) is 16.6 Å². The molecule has 1 atom stereocenters. The van der Waals surface area contributed by atoms with E-state index in [9.17, 15) is 18.4 Å². The van der Waals surface area contributed by atoms with E-state index in [4.69, 9.17) is 0 Å². The Labute approximate surface area is 121 Å². The van der Waals surface area contributed by atoms with E-state index in [0.717, 1.165) is 6.07 Å². The van der Waals surface area contributed by atoms with Crippen LogP contribution in [0.3, 0.4) is 0 Å². The summed E-state index contributed by atoms with van der Waals surface area (Å²) in [6.45, 7) is 5.38. The lowest BCUT2D eigenvalue weighted by Gasteiger charge is -2.16. The Hall–Kier alpha value is -2.24. The fourth-order valence-electron chi connectivity index (χ4n) is 1.77. The fraction of sp³-hybridized carbons (Fsp3) is 0.333. The van der Waals surface area contributed by atoms with Crippen LogP contribution in [0.5, 0.6) is 0 Å². The highest BCUT2D eigenvalue weighted by molar-refractivity contribution is 5.85. The molecule has 0 aliphatic rings. The van der Waals surface area contributed by atoms with Gasteiger partial charge in [0.2, 0.25) is 5.91 Å². The van der Waals surface area contributed by atoms with Crippen molar-refractivity contribution in [3.05, 3.63) is 47.5 Å². The Bertz CT molecular complexity index is 558. The predicted molar refractivity (Wildman–Crippen MR) is 73.4 cm³/mol. The van der Waals surface area contributed by atoms with E-state index in [1.54, 1.807) is 6.92 Å². The second-order valence-electron chi connectivity index (χ2n) is 4.72. The minimum Gasteiger partial charge on any atom is -0.467 e. The highest BCUT2D eigenvalue weighted by Crippen LogP contribution is 2.11. The van der Waals surface area contributed by atoms with Crippen LogP contribution in [-0.4, -0.2) is 25.0 Å². The highest BCUT2D eigenvalue weighted by Gasteiger charge is 2.22. The number of nitrogens with one attached hydrogen (secondary N) is 1. The lowest BCUT2D eigenvalue weighted by molar-refractivity contribution is -0.145. The van der Waals surface area contributed by atoms with Crippen molar-refractivity contribution in [2.45, 2.75) is 25.8 Å². The van der Waals surface area contributed by atoms with Gasteiger partial charge in [-0.1, -0.05) is 11.6 Å². The molecule has 1 rings (SSSR count). The normalized spacial score (nSPS) is 11.6. The summed E-state index contributed by atoms with van der Waals surface area (Å²) in [5.74, 6) is -2.69. The van der Waals surface area contributed by atoms with Gasteiger partial charge in [0, 0.05) is 6.07 Å². The molecule has 0 saturated heterocycles. The minimum atomic E-state index is -0.872. The topological polar surface area (TPSA) is 55.4 Å². The second kappa shape index (κ2) is 7.52. The van der Waals surface area contributed by atoms with Crippen LogP contribution in [0.2, 0.25) is 0 Å². The van der Waals surface area contributed by atoms with Gasteiger partial charge >= 0.3 is 5.97 Å². The number of amides is 1. The lowest BCUT2D eigenvalue weighted by Crippen LogP contribution is -2.42. The standard InChI is InChI=1S/C15H17F2NO3/c1-9(2)6-13(15(20)21-3)18-14(19)7-10-4-5-11(16)8-12(10)17/h4-5,8,13H,1,6-7H2,2-3H3,(H,18,19)/t13-/m0/s1. The van der Waals surface area contributed by atoms with Gasteiger partial charge in [0.05, 0.1) is 13.5 Å². The number of ether oxygens (including phenoxy) is 1. The van der Waals surface area contributed by atoms with Gasteiger partial charge < -0.3 is 10.1 Å². The number of carbonyl (C=O) groups excluding carboxylic acids is 2. The van der Waals surface area contributed by atoms with Crippen LogP contribution in [0, 0.1) is 11.6 Å². The van der Waals surface area contributed by atoms with Crippen LogP contribution in [0.25, 0.3) is 0 Å². The molecule has 4 nitrogen and oxygen atoms in total. The van der Waals surface area contributed by atoms with Crippen molar-refractivity contribution < 1.29 is 23.1 Å². The smallest absolute Gasteiger partial charge is 0.328 e. The first kappa shape index (κ1) is 16.8. The number of rotatable bonds is 6. The average Bonchev–Trinajstić information content (AvgIpc) is 2.39. The molecule has 1 amide bonds. The molecule has 0 saturated carbocycles. The molecule has 0 bridgehead atoms. The zero-order valence-corrected chi connectivity index (χ0v) is 11.9. The van der Waals surface area contributed by atoms with E-state index < -0.39 is 29.6 Å². The monoisotopic (exact) mass is 297 g/mol. The third kappa shape index (κ3) is 5.33. The largest absolute Gasteiger partial charge is 0.467 e. The summed E-state index contributed by atoms with van der Waals surface area (Å²) in [5, 5.41) is 2.45. The van der Waals surface area contributed by atoms with E-state index in [1.165, 1.54) is 13.2 Å². The maximum Gasteiger partial charge on any atom is 0.328 e. The van der Waals surface area contributed by atoms with Crippen LogP contribution in [0.4, 0.5) is 8.78 Å². The number of carbonyl (C=O) groups is 2. The summed E-state index contributed by atoms with van der Waals surface area (Å²) in [4.78, 5) is 23.4. The fourth-order valence-corrected chi connectivity index (χ4v) is 1.77. The van der Waals surface area contributed by atoms with Crippen LogP contribution in [-0.2, 0) is 20.7 Å². The van der Waals surface area contributed by atoms with Crippen LogP contribution >= 0.6 is 0 Å². The van der Waals surface area contributed by atoms with Gasteiger partial charge in [0.15, 0.2) is 0 Å². The minimum absolute atomic E-state index is 0.0489. The van der Waals surface area contributed by atoms with Gasteiger partial charge in [0.1, 0.15) is 17.7 Å². The summed E-state index contributed by atoms with van der Waals surface area (Å²) in [6, 6.07) is 2.09. The molecule has 0 spiro atoms. The molecular formula is C15H17F2NO3. The Morgan fingerprint density at radius 2 is 2.05 bits per heavy atom. The molecule has 1 aromatic rings. The molecular weight excluding hydrogens is 280 g/mol. The Kier molecular flexibility index (Phi) is 6.02. The highest BCUT2D eigenvalue weighted by atomic mass is 19.1. The van der Waals surface area contributed by atoms with E-state index in [0.29, 0.717) is 11.6 Å². The Morgan fingerprint density at radius 3 is 2.57 bits per heavy atom. The van der Waals surface area contributed by atoms with Crippen molar-refractivity contribution in [2.24, 2.45) is 0 Å². The SMILES string of the molecule is C=C(C)C[C@H](NC(=O)Cc1ccc(F)cc1F)C(=O)OC. The average molecular weight is 297 g/mol. The molecule has 0 aromatic heterocycles. The van der Waals surface area contributed by atoms with Crippen LogP contribution < -0.4 is 5.32 Å². The zero-order valence-electron chi connectivity index (χ0n) is 11.9. The number of hydrogen-bond donors (Lipinski definition) is 1. The van der Waals surface area contributed by atoms with E-state index >= 15 is 0 Å². The third-order valence-electron chi connectivity index (χ3n) is 2.74. The molecule has 1 N–H and O–H groups in total. The summed E-state index contributed by atoms with van der Waals surface area (Å²) in [7, 11) is 1.21. The van der Waals surface area contributed by atoms with Crippen LogP contribution in [0.15, 0.2) is 30.4 Å². The van der Waals surface area contributed by atoms with Crippen LogP contribution in [0.1, 0.15) is 18.9 Å². The number of halogens is 2. The maximum atomic E-state index is 13.5. The summed E-state index contributed by atoms with van der Waals surface area (Å²) < 4.78 is 30.8. The quantitative estimate of drug-likeness (QED) is 0.646. The molecule has 0 unspecified atom stereocenters. The van der Waals surface area contributed by atoms with E-state index in [-0.39, 0.29) is 18.4 Å². The zero-order chi connectivity index (χ0) is 16.0. The third-order valence-corrected chi connectivity index (χ3v) is 2.74. The van der Waals surface area contributed by atoms with Crippen molar-refractivity contribution in [1.29, 1.82) is 0 Å². The molecule has 6 heteroatoms. The lowest BCUT2D eigenvalue weighted by atomic mass is 10.1. The van der Waals surface area contributed by atoms with Gasteiger partial charge in [-0.3, -0.25) is 4.79 Å². The molecule has 0 aliphatic carbocycles. The molecule has 0 heterocycles. The maximum absolute atomic E-state index is 13.5. The van der Waals surface area contributed by atoms with Gasteiger partial charge in [-0.05, 0) is 25.0 Å². The Morgan fingerprint density at radius 1 is 1.38 bits per heavy atom. The number of hydrogen-bond acceptors (Lipinski definition) is 3.